The van der Waals surface area contributed by atoms with Gasteiger partial charge in [-0.25, -0.2) is 4.99 Å². The molecule has 1 heterocycles. The molecule has 2 aromatic carbocycles. The van der Waals surface area contributed by atoms with Gasteiger partial charge in [0.25, 0.3) is 5.91 Å². The van der Waals surface area contributed by atoms with Gasteiger partial charge in [0.15, 0.2) is 0 Å². The molecule has 0 saturated heterocycles. The number of hydrogen-bond donors (Lipinski definition) is 4. The summed E-state index contributed by atoms with van der Waals surface area (Å²) in [6.07, 6.45) is 2.73. The third kappa shape index (κ3) is 7.00. The SMILES string of the molecule is NC(=Nc1cccc(C(=O)NCC(=O)NC(CC(=O)O)c2cccnc2)c1)c1ccccc1. The number of carboxylic acids is 1. The quantitative estimate of drug-likeness (QED) is 0.293. The smallest absolute Gasteiger partial charge is 0.305 e. The van der Waals surface area contributed by atoms with Crippen LogP contribution in [0.2, 0.25) is 0 Å². The molecule has 0 spiro atoms. The Balaban J connectivity index is 1.61. The van der Waals surface area contributed by atoms with E-state index in [2.05, 4.69) is 20.6 Å². The third-order valence-electron chi connectivity index (χ3n) is 4.64. The molecule has 0 aliphatic rings. The van der Waals surface area contributed by atoms with Gasteiger partial charge in [-0.15, -0.1) is 0 Å². The summed E-state index contributed by atoms with van der Waals surface area (Å²) in [5.74, 6) is -1.76. The first kappa shape index (κ1) is 23.1. The summed E-state index contributed by atoms with van der Waals surface area (Å²) >= 11 is 0. The number of benzene rings is 2. The van der Waals surface area contributed by atoms with Crippen molar-refractivity contribution in [2.75, 3.05) is 6.54 Å². The van der Waals surface area contributed by atoms with Gasteiger partial charge < -0.3 is 21.5 Å². The maximum Gasteiger partial charge on any atom is 0.305 e. The molecule has 3 rings (SSSR count). The van der Waals surface area contributed by atoms with Gasteiger partial charge in [0.2, 0.25) is 5.91 Å². The number of rotatable bonds is 9. The molecule has 0 bridgehead atoms. The maximum atomic E-state index is 12.5. The second-order valence-corrected chi connectivity index (χ2v) is 7.10. The van der Waals surface area contributed by atoms with Crippen LogP contribution in [0.15, 0.2) is 84.1 Å². The highest BCUT2D eigenvalue weighted by Crippen LogP contribution is 2.16. The first-order valence-corrected chi connectivity index (χ1v) is 10.1. The second kappa shape index (κ2) is 11.2. The fourth-order valence-corrected chi connectivity index (χ4v) is 3.05. The highest BCUT2D eigenvalue weighted by Gasteiger charge is 2.19. The minimum atomic E-state index is -1.07. The van der Waals surface area contributed by atoms with Crippen LogP contribution in [0.5, 0.6) is 0 Å². The fourth-order valence-electron chi connectivity index (χ4n) is 3.05. The number of pyridine rings is 1. The monoisotopic (exact) mass is 445 g/mol. The number of carboxylic acid groups (broad SMARTS) is 1. The Bertz CT molecular complexity index is 1150. The summed E-state index contributed by atoms with van der Waals surface area (Å²) in [7, 11) is 0. The van der Waals surface area contributed by atoms with Crippen molar-refractivity contribution in [2.45, 2.75) is 12.5 Å². The van der Waals surface area contributed by atoms with Gasteiger partial charge in [-0.2, -0.15) is 0 Å². The Morgan fingerprint density at radius 1 is 1.00 bits per heavy atom. The largest absolute Gasteiger partial charge is 0.481 e. The average Bonchev–Trinajstić information content (AvgIpc) is 2.83. The highest BCUT2D eigenvalue weighted by atomic mass is 16.4. The fraction of sp³-hybridized carbons (Fsp3) is 0.125. The molecule has 5 N–H and O–H groups in total. The topological polar surface area (TPSA) is 147 Å². The van der Waals surface area contributed by atoms with Crippen molar-refractivity contribution >= 4 is 29.3 Å². The van der Waals surface area contributed by atoms with Crippen LogP contribution in [0, 0.1) is 0 Å². The normalized spacial score (nSPS) is 11.9. The lowest BCUT2D eigenvalue weighted by Crippen LogP contribution is -2.39. The van der Waals surface area contributed by atoms with Gasteiger partial charge in [-0.05, 0) is 29.8 Å². The van der Waals surface area contributed by atoms with Crippen LogP contribution in [0.4, 0.5) is 5.69 Å². The van der Waals surface area contributed by atoms with Crippen molar-refractivity contribution in [1.29, 1.82) is 0 Å². The molecule has 0 radical (unpaired) electrons. The number of aliphatic carboxylic acids is 1. The van der Waals surface area contributed by atoms with E-state index in [0.29, 0.717) is 22.6 Å². The average molecular weight is 445 g/mol. The number of aromatic nitrogens is 1. The summed E-state index contributed by atoms with van der Waals surface area (Å²) in [4.78, 5) is 44.3. The summed E-state index contributed by atoms with van der Waals surface area (Å²) < 4.78 is 0. The molecular formula is C24H23N5O4. The molecule has 0 saturated carbocycles. The lowest BCUT2D eigenvalue weighted by atomic mass is 10.1. The second-order valence-electron chi connectivity index (χ2n) is 7.10. The Labute approximate surface area is 190 Å². The number of carbonyl (C=O) groups excluding carboxylic acids is 2. The van der Waals surface area contributed by atoms with Crippen LogP contribution in [0.3, 0.4) is 0 Å². The Hall–Kier alpha value is -4.53. The van der Waals surface area contributed by atoms with Crippen LogP contribution in [0.25, 0.3) is 0 Å². The first-order chi connectivity index (χ1) is 15.9. The van der Waals surface area contributed by atoms with E-state index < -0.39 is 23.8 Å². The highest BCUT2D eigenvalue weighted by molar-refractivity contribution is 6.00. The van der Waals surface area contributed by atoms with Gasteiger partial charge in [-0.3, -0.25) is 19.4 Å². The van der Waals surface area contributed by atoms with Crippen LogP contribution in [-0.4, -0.2) is 40.3 Å². The van der Waals surface area contributed by atoms with Crippen LogP contribution >= 0.6 is 0 Å². The summed E-state index contributed by atoms with van der Waals surface area (Å²) in [5, 5.41) is 14.3. The number of amidine groups is 1. The van der Waals surface area contributed by atoms with Crippen LogP contribution in [0.1, 0.15) is 33.9 Å². The van der Waals surface area contributed by atoms with Gasteiger partial charge in [0.1, 0.15) is 5.84 Å². The standard InChI is InChI=1S/C24H23N5O4/c25-23(16-6-2-1-3-7-16)28-19-10-4-8-17(12-19)24(33)27-15-21(30)29-20(13-22(31)32)18-9-5-11-26-14-18/h1-12,14,20H,13,15H2,(H2,25,28)(H,27,33)(H,29,30)(H,31,32). The van der Waals surface area contributed by atoms with Gasteiger partial charge in [0, 0.05) is 23.5 Å². The van der Waals surface area contributed by atoms with Crippen molar-refractivity contribution in [1.82, 2.24) is 15.6 Å². The molecule has 168 valence electrons. The maximum absolute atomic E-state index is 12.5. The number of carbonyl (C=O) groups is 3. The number of nitrogens with one attached hydrogen (secondary N) is 2. The predicted molar refractivity (Wildman–Crippen MR) is 123 cm³/mol. The number of aliphatic imine (C=N–C) groups is 1. The van der Waals surface area contributed by atoms with Crippen molar-refractivity contribution in [3.63, 3.8) is 0 Å². The summed E-state index contributed by atoms with van der Waals surface area (Å²) in [5.41, 5.74) is 8.14. The van der Waals surface area contributed by atoms with Crippen molar-refractivity contribution in [3.8, 4) is 0 Å². The van der Waals surface area contributed by atoms with Crippen molar-refractivity contribution < 1.29 is 19.5 Å². The Morgan fingerprint density at radius 2 is 1.76 bits per heavy atom. The van der Waals surface area contributed by atoms with Crippen LogP contribution < -0.4 is 16.4 Å². The molecular weight excluding hydrogens is 422 g/mol. The number of nitrogens with zero attached hydrogens (tertiary/aromatic N) is 2. The number of hydrogen-bond acceptors (Lipinski definition) is 5. The van der Waals surface area contributed by atoms with E-state index in [1.807, 2.05) is 30.3 Å². The molecule has 9 nitrogen and oxygen atoms in total. The lowest BCUT2D eigenvalue weighted by molar-refractivity contribution is -0.137. The molecule has 1 atom stereocenters. The van der Waals surface area contributed by atoms with E-state index in [-0.39, 0.29) is 13.0 Å². The summed E-state index contributed by atoms with van der Waals surface area (Å²) in [6.45, 7) is -0.325. The lowest BCUT2D eigenvalue weighted by Gasteiger charge is -2.17. The third-order valence-corrected chi connectivity index (χ3v) is 4.64. The van der Waals surface area contributed by atoms with Crippen molar-refractivity contribution in [3.05, 3.63) is 95.8 Å². The molecule has 9 heteroatoms. The number of nitrogens with two attached hydrogens (primary N) is 1. The zero-order valence-corrected chi connectivity index (χ0v) is 17.6. The van der Waals surface area contributed by atoms with E-state index in [1.54, 1.807) is 42.6 Å². The van der Waals surface area contributed by atoms with E-state index in [0.717, 1.165) is 5.56 Å². The van der Waals surface area contributed by atoms with Gasteiger partial charge in [-0.1, -0.05) is 42.5 Å². The summed E-state index contributed by atoms with van der Waals surface area (Å²) in [6, 6.07) is 18.3. The van der Waals surface area contributed by atoms with Gasteiger partial charge >= 0.3 is 5.97 Å². The molecule has 0 aliphatic carbocycles. The zero-order valence-electron chi connectivity index (χ0n) is 17.6. The minimum absolute atomic E-state index is 0.305. The van der Waals surface area contributed by atoms with E-state index in [1.165, 1.54) is 6.20 Å². The molecule has 1 unspecified atom stereocenters. The zero-order chi connectivity index (χ0) is 23.6. The van der Waals surface area contributed by atoms with Gasteiger partial charge in [0.05, 0.1) is 24.7 Å². The molecule has 0 fully saturated rings. The Morgan fingerprint density at radius 3 is 2.45 bits per heavy atom. The predicted octanol–water partition coefficient (Wildman–Crippen LogP) is 2.18. The van der Waals surface area contributed by atoms with E-state index >= 15 is 0 Å². The molecule has 3 aromatic rings. The molecule has 1 aromatic heterocycles. The molecule has 2 amide bonds. The Kier molecular flexibility index (Phi) is 7.85. The van der Waals surface area contributed by atoms with Crippen molar-refractivity contribution in [2.24, 2.45) is 10.7 Å². The first-order valence-electron chi connectivity index (χ1n) is 10.1. The van der Waals surface area contributed by atoms with Crippen LogP contribution in [-0.2, 0) is 9.59 Å². The van der Waals surface area contributed by atoms with E-state index in [9.17, 15) is 14.4 Å². The molecule has 0 aliphatic heterocycles. The number of amides is 2. The van der Waals surface area contributed by atoms with E-state index in [4.69, 9.17) is 10.8 Å². The minimum Gasteiger partial charge on any atom is -0.481 e. The molecule has 33 heavy (non-hydrogen) atoms.